The minimum absolute atomic E-state index is 0.257. The summed E-state index contributed by atoms with van der Waals surface area (Å²) in [5, 5.41) is 4.24. The van der Waals surface area contributed by atoms with Crippen molar-refractivity contribution in [1.82, 2.24) is 14.7 Å². The molecule has 2 aliphatic carbocycles. The van der Waals surface area contributed by atoms with Gasteiger partial charge in [0, 0.05) is 42.5 Å². The van der Waals surface area contributed by atoms with E-state index in [9.17, 15) is 4.79 Å². The van der Waals surface area contributed by atoms with E-state index in [1.54, 1.807) is 0 Å². The molecule has 2 saturated carbocycles. The Morgan fingerprint density at radius 1 is 1.25 bits per heavy atom. The molecule has 1 N–H and O–H groups in total. The van der Waals surface area contributed by atoms with E-state index in [1.807, 2.05) is 0 Å². The first-order chi connectivity index (χ1) is 9.79. The van der Waals surface area contributed by atoms with Gasteiger partial charge in [0.1, 0.15) is 5.82 Å². The summed E-state index contributed by atoms with van der Waals surface area (Å²) in [6.45, 7) is 1.92. The topological polar surface area (TPSA) is 58.1 Å². The van der Waals surface area contributed by atoms with E-state index < -0.39 is 0 Å². The molecule has 20 heavy (non-hydrogen) atoms. The molecule has 1 aromatic rings. The fourth-order valence-corrected chi connectivity index (χ4v) is 3.58. The minimum Gasteiger partial charge on any atom is -0.351 e. The number of aromatic nitrogens is 2. The highest BCUT2D eigenvalue weighted by molar-refractivity contribution is 7.09. The maximum Gasteiger partial charge on any atom is 0.223 e. The average molecular weight is 292 g/mol. The second-order valence-electron chi connectivity index (χ2n) is 6.28. The summed E-state index contributed by atoms with van der Waals surface area (Å²) in [7, 11) is 0. The molecular formula is C14H20N4OS. The van der Waals surface area contributed by atoms with Crippen LogP contribution in [-0.2, 0) is 4.79 Å². The van der Waals surface area contributed by atoms with Crippen LogP contribution in [0.1, 0.15) is 50.3 Å². The highest BCUT2D eigenvalue weighted by Gasteiger charge is 2.33. The summed E-state index contributed by atoms with van der Waals surface area (Å²) >= 11 is 1.52. The normalized spacial score (nSPS) is 26.6. The SMILES string of the molecule is O=C(NC1CCCN(c2nc(C3CC3)ns2)C1)C1CC1. The zero-order valence-corrected chi connectivity index (χ0v) is 12.4. The molecule has 5 nitrogen and oxygen atoms in total. The lowest BCUT2D eigenvalue weighted by Gasteiger charge is -2.32. The largest absolute Gasteiger partial charge is 0.351 e. The van der Waals surface area contributed by atoms with E-state index in [1.165, 1.54) is 24.4 Å². The molecule has 1 atom stereocenters. The molecule has 0 bridgehead atoms. The molecule has 1 unspecified atom stereocenters. The first kappa shape index (κ1) is 12.6. The van der Waals surface area contributed by atoms with Crippen LogP contribution in [0.25, 0.3) is 0 Å². The number of piperidine rings is 1. The Morgan fingerprint density at radius 2 is 2.10 bits per heavy atom. The monoisotopic (exact) mass is 292 g/mol. The number of nitrogens with zero attached hydrogens (tertiary/aromatic N) is 3. The van der Waals surface area contributed by atoms with Crippen LogP contribution < -0.4 is 10.2 Å². The second kappa shape index (κ2) is 4.98. The first-order valence-electron chi connectivity index (χ1n) is 7.68. The number of carbonyl (C=O) groups is 1. The van der Waals surface area contributed by atoms with Crippen molar-refractivity contribution in [2.45, 2.75) is 50.5 Å². The van der Waals surface area contributed by atoms with Gasteiger partial charge in [0.05, 0.1) is 0 Å². The van der Waals surface area contributed by atoms with Gasteiger partial charge >= 0.3 is 0 Å². The van der Waals surface area contributed by atoms with Gasteiger partial charge in [-0.2, -0.15) is 4.37 Å². The Balaban J connectivity index is 1.38. The number of rotatable bonds is 4. The van der Waals surface area contributed by atoms with Crippen LogP contribution in [-0.4, -0.2) is 34.4 Å². The average Bonchev–Trinajstić information content (AvgIpc) is 3.37. The van der Waals surface area contributed by atoms with E-state index in [0.717, 1.165) is 49.7 Å². The van der Waals surface area contributed by atoms with Crippen LogP contribution >= 0.6 is 11.5 Å². The Kier molecular flexibility index (Phi) is 3.13. The third-order valence-electron chi connectivity index (χ3n) is 4.36. The number of carbonyl (C=O) groups excluding carboxylic acids is 1. The van der Waals surface area contributed by atoms with Crippen molar-refractivity contribution in [2.75, 3.05) is 18.0 Å². The maximum atomic E-state index is 11.9. The van der Waals surface area contributed by atoms with Crippen molar-refractivity contribution in [2.24, 2.45) is 5.92 Å². The van der Waals surface area contributed by atoms with Crippen LogP contribution in [0.3, 0.4) is 0 Å². The van der Waals surface area contributed by atoms with Crippen LogP contribution in [0.2, 0.25) is 0 Å². The van der Waals surface area contributed by atoms with Gasteiger partial charge in [0.25, 0.3) is 0 Å². The number of anilines is 1. The zero-order chi connectivity index (χ0) is 13.5. The molecule has 1 aromatic heterocycles. The van der Waals surface area contributed by atoms with Crippen molar-refractivity contribution in [1.29, 1.82) is 0 Å². The lowest BCUT2D eigenvalue weighted by molar-refractivity contribution is -0.123. The molecule has 3 fully saturated rings. The molecule has 4 rings (SSSR count). The van der Waals surface area contributed by atoms with Gasteiger partial charge in [0.15, 0.2) is 0 Å². The molecule has 1 saturated heterocycles. The van der Waals surface area contributed by atoms with Crippen molar-refractivity contribution in [3.05, 3.63) is 5.82 Å². The summed E-state index contributed by atoms with van der Waals surface area (Å²) in [4.78, 5) is 18.8. The molecule has 108 valence electrons. The van der Waals surface area contributed by atoms with E-state index in [4.69, 9.17) is 0 Å². The van der Waals surface area contributed by atoms with Crippen molar-refractivity contribution < 1.29 is 4.79 Å². The van der Waals surface area contributed by atoms with Crippen LogP contribution in [0.5, 0.6) is 0 Å². The lowest BCUT2D eigenvalue weighted by atomic mass is 10.1. The van der Waals surface area contributed by atoms with Gasteiger partial charge in [-0.3, -0.25) is 4.79 Å². The second-order valence-corrected chi connectivity index (χ2v) is 7.01. The Hall–Kier alpha value is -1.17. The molecule has 1 amide bonds. The number of hydrogen-bond donors (Lipinski definition) is 1. The van der Waals surface area contributed by atoms with Gasteiger partial charge in [-0.15, -0.1) is 0 Å². The van der Waals surface area contributed by atoms with Crippen molar-refractivity contribution in [3.8, 4) is 0 Å². The quantitative estimate of drug-likeness (QED) is 0.921. The molecule has 0 spiro atoms. The molecule has 6 heteroatoms. The van der Waals surface area contributed by atoms with Crippen molar-refractivity contribution >= 4 is 22.6 Å². The maximum absolute atomic E-state index is 11.9. The summed E-state index contributed by atoms with van der Waals surface area (Å²) in [6, 6.07) is 0.283. The zero-order valence-electron chi connectivity index (χ0n) is 11.5. The van der Waals surface area contributed by atoms with Gasteiger partial charge in [-0.25, -0.2) is 4.98 Å². The van der Waals surface area contributed by atoms with Gasteiger partial charge in [-0.1, -0.05) is 0 Å². The predicted octanol–water partition coefficient (Wildman–Crippen LogP) is 1.91. The summed E-state index contributed by atoms with van der Waals surface area (Å²) < 4.78 is 4.48. The Bertz CT molecular complexity index is 509. The fourth-order valence-electron chi connectivity index (χ4n) is 2.80. The van der Waals surface area contributed by atoms with Gasteiger partial charge < -0.3 is 10.2 Å². The van der Waals surface area contributed by atoms with Gasteiger partial charge in [-0.05, 0) is 38.5 Å². The van der Waals surface area contributed by atoms with Crippen LogP contribution in [0.4, 0.5) is 5.13 Å². The molecule has 2 heterocycles. The van der Waals surface area contributed by atoms with E-state index in [0.29, 0.717) is 11.8 Å². The highest BCUT2D eigenvalue weighted by Crippen LogP contribution is 2.40. The molecule has 0 radical (unpaired) electrons. The van der Waals surface area contributed by atoms with E-state index >= 15 is 0 Å². The predicted molar refractivity (Wildman–Crippen MR) is 78.0 cm³/mol. The molecular weight excluding hydrogens is 272 g/mol. The lowest BCUT2D eigenvalue weighted by Crippen LogP contribution is -2.48. The first-order valence-corrected chi connectivity index (χ1v) is 8.46. The molecule has 0 aromatic carbocycles. The third-order valence-corrected chi connectivity index (χ3v) is 5.15. The Labute approximate surface area is 122 Å². The summed E-state index contributed by atoms with van der Waals surface area (Å²) in [5.41, 5.74) is 0. The smallest absolute Gasteiger partial charge is 0.223 e. The highest BCUT2D eigenvalue weighted by atomic mass is 32.1. The third kappa shape index (κ3) is 2.66. The standard InChI is InChI=1S/C14H20N4OS/c19-13(10-5-6-10)15-11-2-1-7-18(8-11)14-16-12(17-20-14)9-3-4-9/h9-11H,1-8H2,(H,15,19). The Morgan fingerprint density at radius 3 is 2.85 bits per heavy atom. The number of amides is 1. The van der Waals surface area contributed by atoms with Crippen LogP contribution in [0, 0.1) is 5.92 Å². The van der Waals surface area contributed by atoms with Crippen LogP contribution in [0.15, 0.2) is 0 Å². The summed E-state index contributed by atoms with van der Waals surface area (Å²) in [5.74, 6) is 2.21. The molecule has 1 aliphatic heterocycles. The fraction of sp³-hybridized carbons (Fsp3) is 0.786. The van der Waals surface area contributed by atoms with E-state index in [2.05, 4.69) is 19.6 Å². The van der Waals surface area contributed by atoms with E-state index in [-0.39, 0.29) is 11.9 Å². The van der Waals surface area contributed by atoms with Crippen molar-refractivity contribution in [3.63, 3.8) is 0 Å². The van der Waals surface area contributed by atoms with Gasteiger partial charge in [0.2, 0.25) is 11.0 Å². The minimum atomic E-state index is 0.257. The number of nitrogens with one attached hydrogen (secondary N) is 1. The number of hydrogen-bond acceptors (Lipinski definition) is 5. The molecule has 3 aliphatic rings. The summed E-state index contributed by atoms with van der Waals surface area (Å²) in [6.07, 6.45) is 6.84.